The number of carbonyl (C=O) groups excluding carboxylic acids is 4. The molecule has 0 bridgehead atoms. The van der Waals surface area contributed by atoms with Crippen molar-refractivity contribution in [2.24, 2.45) is 16.2 Å². The van der Waals surface area contributed by atoms with Crippen molar-refractivity contribution in [1.82, 2.24) is 4.90 Å². The number of hydrogen-bond acceptors (Lipinski definition) is 9. The summed E-state index contributed by atoms with van der Waals surface area (Å²) in [6.07, 6.45) is 4.81. The van der Waals surface area contributed by atoms with Gasteiger partial charge < -0.3 is 24.1 Å². The number of nitrogens with zero attached hydrogens (tertiary/aromatic N) is 2. The number of benzene rings is 13. The lowest BCUT2D eigenvalue weighted by molar-refractivity contribution is -0.137. The van der Waals surface area contributed by atoms with Crippen molar-refractivity contribution in [2.75, 3.05) is 11.4 Å². The van der Waals surface area contributed by atoms with Crippen LogP contribution in [0.3, 0.4) is 0 Å². The topological polar surface area (TPSA) is 149 Å². The van der Waals surface area contributed by atoms with E-state index in [1.807, 2.05) is 110 Å². The van der Waals surface area contributed by atoms with Gasteiger partial charge in [-0.05, 0) is 222 Å². The first-order valence-electron chi connectivity index (χ1n) is 40.0. The molecule has 0 fully saturated rings. The summed E-state index contributed by atoms with van der Waals surface area (Å²) in [5.74, 6) is -0.857. The Kier molecular flexibility index (Phi) is 19.0. The average molecular weight is 1520 g/mol. The summed E-state index contributed by atoms with van der Waals surface area (Å²) in [5, 5.41) is 19.0. The molecule has 12 heteroatoms. The molecule has 0 unspecified atom stereocenters. The number of para-hydroxylation sites is 1. The predicted molar refractivity (Wildman–Crippen MR) is 466 cm³/mol. The molecule has 2 aliphatic rings. The highest BCUT2D eigenvalue weighted by atomic mass is 16.5. The fourth-order valence-electron chi connectivity index (χ4n) is 19.2. The summed E-state index contributed by atoms with van der Waals surface area (Å²) >= 11 is 0. The van der Waals surface area contributed by atoms with E-state index in [0.29, 0.717) is 94.0 Å². The van der Waals surface area contributed by atoms with Crippen LogP contribution in [0.2, 0.25) is 0 Å². The molecule has 12 nitrogen and oxygen atoms in total. The SMILES string of the molecule is C=C(C)CC(C)(C)c1ccc(Oc2cc3c4c(cc(Oc5ccc(/C(C)=C/C(C)(C)C)cc5)c5c6ccc7c8c(Oc9ccc(C(C)(C)CC(C)(C)C)cc9)cc9c%10c(cc(Oc%11ccc(C(C)(C)CC(C)(C)C)cc%11)c(c%11ccc(c2c45)c6c7%11)c%108)C(=O)N(c2c(C(C)C)cccc2C(C)C)C9=O)C(=O)N(CC(=O)O)C3=O)cc1. The molecule has 0 atom stereocenters. The number of imide groups is 2. The maximum absolute atomic E-state index is 16.5. The molecule has 1 N–H and O–H groups in total. The van der Waals surface area contributed by atoms with Gasteiger partial charge in [0.2, 0.25) is 0 Å². The molecule has 0 saturated heterocycles. The third-order valence-corrected chi connectivity index (χ3v) is 23.0. The van der Waals surface area contributed by atoms with Crippen LogP contribution in [0.25, 0.3) is 81.0 Å². The van der Waals surface area contributed by atoms with E-state index in [4.69, 9.17) is 18.9 Å². The number of carboxylic acid groups (broad SMARTS) is 1. The predicted octanol–water partition coefficient (Wildman–Crippen LogP) is 27.7. The van der Waals surface area contributed by atoms with E-state index in [1.165, 1.54) is 4.90 Å². The number of carboxylic acids is 1. The number of amides is 4. The lowest BCUT2D eigenvalue weighted by atomic mass is 9.72. The van der Waals surface area contributed by atoms with E-state index in [2.05, 4.69) is 200 Å². The zero-order valence-corrected chi connectivity index (χ0v) is 69.9. The van der Waals surface area contributed by atoms with Crippen LogP contribution in [0.15, 0.2) is 182 Å². The number of fused-ring (bicyclic) bond motifs is 4. The molecule has 0 spiro atoms. The fraction of sp³-hybridized carbons (Fsp3) is 0.324. The van der Waals surface area contributed by atoms with Crippen molar-refractivity contribution in [1.29, 1.82) is 0 Å². The number of anilines is 1. The quantitative estimate of drug-likeness (QED) is 0.0319. The minimum atomic E-state index is -1.36. The van der Waals surface area contributed by atoms with Crippen LogP contribution in [0, 0.1) is 16.2 Å². The van der Waals surface area contributed by atoms with Gasteiger partial charge in [-0.15, -0.1) is 6.58 Å². The van der Waals surface area contributed by atoms with Crippen LogP contribution in [0.1, 0.15) is 251 Å². The fourth-order valence-corrected chi connectivity index (χ4v) is 19.2. The van der Waals surface area contributed by atoms with Gasteiger partial charge in [0.05, 0.1) is 27.9 Å². The summed E-state index contributed by atoms with van der Waals surface area (Å²) in [4.78, 5) is 78.8. The number of hydrogen-bond donors (Lipinski definition) is 1. The van der Waals surface area contributed by atoms with Gasteiger partial charge in [-0.2, -0.15) is 0 Å². The van der Waals surface area contributed by atoms with Crippen LogP contribution >= 0.6 is 0 Å². The molecule has 13 aromatic rings. The molecule has 13 aromatic carbocycles. The van der Waals surface area contributed by atoms with Crippen molar-refractivity contribution in [3.8, 4) is 46.0 Å². The van der Waals surface area contributed by atoms with Crippen LogP contribution in [0.5, 0.6) is 46.0 Å². The molecular formula is C102H104N2O10. The van der Waals surface area contributed by atoms with Gasteiger partial charge in [-0.25, -0.2) is 4.90 Å². The van der Waals surface area contributed by atoms with Crippen molar-refractivity contribution < 1.29 is 48.0 Å². The molecule has 0 aliphatic carbocycles. The Morgan fingerprint density at radius 1 is 0.412 bits per heavy atom. The van der Waals surface area contributed by atoms with E-state index in [9.17, 15) is 9.90 Å². The minimum absolute atomic E-state index is 0.0371. The first kappa shape index (κ1) is 77.9. The Morgan fingerprint density at radius 3 is 1.03 bits per heavy atom. The number of rotatable bonds is 21. The van der Waals surface area contributed by atoms with Gasteiger partial charge >= 0.3 is 5.97 Å². The number of allylic oxidation sites excluding steroid dienone is 3. The van der Waals surface area contributed by atoms with E-state index in [1.54, 1.807) is 12.1 Å². The Hall–Kier alpha value is -11.4. The second-order valence-electron chi connectivity index (χ2n) is 38.4. The Balaban J connectivity index is 1.10. The Bertz CT molecular complexity index is 6030. The van der Waals surface area contributed by atoms with E-state index < -0.39 is 36.1 Å². The molecule has 114 heavy (non-hydrogen) atoms. The van der Waals surface area contributed by atoms with Crippen LogP contribution in [-0.4, -0.2) is 46.1 Å². The van der Waals surface area contributed by atoms with Crippen LogP contribution in [0.4, 0.5) is 5.69 Å². The number of aliphatic carboxylic acids is 1. The van der Waals surface area contributed by atoms with Gasteiger partial charge in [0.15, 0.2) is 0 Å². The second-order valence-corrected chi connectivity index (χ2v) is 38.4. The molecular weight excluding hydrogens is 1410 g/mol. The highest BCUT2D eigenvalue weighted by molar-refractivity contribution is 6.48. The van der Waals surface area contributed by atoms with E-state index in [-0.39, 0.29) is 78.1 Å². The largest absolute Gasteiger partial charge is 0.480 e. The Morgan fingerprint density at radius 2 is 0.728 bits per heavy atom. The van der Waals surface area contributed by atoms with Crippen LogP contribution in [-0.2, 0) is 21.0 Å². The zero-order valence-electron chi connectivity index (χ0n) is 69.9. The lowest BCUT2D eigenvalue weighted by Gasteiger charge is -2.34. The monoisotopic (exact) mass is 1520 g/mol. The standard InChI is InChI=1S/C102H104N2O10/c1-55(2)50-100(17,18)60-28-36-64(37-29-60)112-78-47-74-84-73(93(107)103(94(74)108)52-81(105)106)46-77(111-63-34-26-59(27-35-63)58(7)51-97(8,9)10)86-69-42-44-71-83-72(45-43-70(82(69)83)87(78)90(84)86)89-80(114-66-40-32-62(33-41-66)102(21,22)54-99(14,15)16)49-76-85-75(95(109)104(96(76)110)92-67(56(3)4)24-23-25-68(92)57(5)6)48-79(88(71)91(85)89)113-65-38-30-61(31-39-65)101(19,20)53-98(11,12)13/h23-49,51,56-57H,1,50,52-54H2,2-22H3,(H,105,106)/b58-51+. The molecule has 0 radical (unpaired) electrons. The van der Waals surface area contributed by atoms with Gasteiger partial charge in [0.1, 0.15) is 52.5 Å². The number of ether oxygens (including phenoxy) is 4. The average Bonchev–Trinajstić information content (AvgIpc) is 0.670. The van der Waals surface area contributed by atoms with Gasteiger partial charge in [0.25, 0.3) is 23.6 Å². The Labute approximate surface area is 669 Å². The smallest absolute Gasteiger partial charge is 0.323 e. The maximum atomic E-state index is 16.5. The summed E-state index contributed by atoms with van der Waals surface area (Å²) in [6.45, 7) is 49.2. The van der Waals surface area contributed by atoms with Gasteiger partial charge in [0, 0.05) is 43.1 Å². The third-order valence-electron chi connectivity index (χ3n) is 23.0. The van der Waals surface area contributed by atoms with Crippen molar-refractivity contribution in [2.45, 2.75) is 193 Å². The summed E-state index contributed by atoms with van der Waals surface area (Å²) in [7, 11) is 0. The highest BCUT2D eigenvalue weighted by Gasteiger charge is 2.43. The highest BCUT2D eigenvalue weighted by Crippen LogP contribution is 2.59. The molecule has 0 saturated carbocycles. The molecule has 2 aliphatic heterocycles. The molecule has 582 valence electrons. The first-order chi connectivity index (χ1) is 53.5. The van der Waals surface area contributed by atoms with Crippen molar-refractivity contribution >= 4 is 116 Å². The first-order valence-corrected chi connectivity index (χ1v) is 40.0. The summed E-state index contributed by atoms with van der Waals surface area (Å²) in [6, 6.07) is 53.5. The van der Waals surface area contributed by atoms with Gasteiger partial charge in [-0.1, -0.05) is 234 Å². The van der Waals surface area contributed by atoms with Crippen molar-refractivity contribution in [3.05, 3.63) is 238 Å². The summed E-state index contributed by atoms with van der Waals surface area (Å²) in [5.41, 5.74) is 8.76. The molecule has 15 rings (SSSR count). The van der Waals surface area contributed by atoms with Gasteiger partial charge in [-0.3, -0.25) is 28.9 Å². The normalized spacial score (nSPS) is 14.1. The lowest BCUT2D eigenvalue weighted by Crippen LogP contribution is -2.43. The van der Waals surface area contributed by atoms with Crippen LogP contribution < -0.4 is 23.8 Å². The van der Waals surface area contributed by atoms with E-state index in [0.717, 1.165) is 90.2 Å². The number of carbonyl (C=O) groups is 5. The molecule has 0 aromatic heterocycles. The minimum Gasteiger partial charge on any atom is -0.480 e. The van der Waals surface area contributed by atoms with E-state index >= 15 is 19.2 Å². The maximum Gasteiger partial charge on any atom is 0.323 e. The zero-order chi connectivity index (χ0) is 81.9. The molecule has 4 amide bonds. The summed E-state index contributed by atoms with van der Waals surface area (Å²) < 4.78 is 29.6. The second kappa shape index (κ2) is 27.7. The molecule has 2 heterocycles. The third kappa shape index (κ3) is 13.8. The van der Waals surface area contributed by atoms with Crippen molar-refractivity contribution in [3.63, 3.8) is 0 Å².